The van der Waals surface area contributed by atoms with Gasteiger partial charge in [-0.25, -0.2) is 13.1 Å². The summed E-state index contributed by atoms with van der Waals surface area (Å²) < 4.78 is 75.2. The van der Waals surface area contributed by atoms with E-state index in [4.69, 9.17) is 37.9 Å². The van der Waals surface area contributed by atoms with Crippen LogP contribution in [-0.2, 0) is 54.5 Å². The van der Waals surface area contributed by atoms with Gasteiger partial charge in [0.2, 0.25) is 10.0 Å². The molecule has 5 rings (SSSR count). The second-order valence-electron chi connectivity index (χ2n) is 10.9. The van der Waals surface area contributed by atoms with E-state index in [1.165, 1.54) is 0 Å². The lowest BCUT2D eigenvalue weighted by atomic mass is 10.1. The fraction of sp³-hybridized carbons (Fsp3) is 0.692. The molecule has 0 bridgehead atoms. The van der Waals surface area contributed by atoms with E-state index in [1.807, 2.05) is 58.0 Å². The summed E-state index contributed by atoms with van der Waals surface area (Å²) in [6, 6.07) is 9.08. The summed E-state index contributed by atoms with van der Waals surface area (Å²) in [6.45, 7) is 8.16. The van der Waals surface area contributed by atoms with Gasteiger partial charge in [0.05, 0.1) is 32.1 Å². The minimum absolute atomic E-state index is 0.142. The molecule has 1 aromatic rings. The van der Waals surface area contributed by atoms with Crippen LogP contribution in [0, 0.1) is 0 Å². The van der Waals surface area contributed by atoms with Gasteiger partial charge in [-0.2, -0.15) is 0 Å². The smallest absolute Gasteiger partial charge is 0.209 e. The largest absolute Gasteiger partial charge is 0.374 e. The Bertz CT molecular complexity index is 1090. The average Bonchev–Trinajstić information content (AvgIpc) is 3.44. The summed E-state index contributed by atoms with van der Waals surface area (Å²) in [4.78, 5) is 0. The van der Waals surface area contributed by atoms with Crippen LogP contribution in [0.5, 0.6) is 0 Å². The predicted octanol–water partition coefficient (Wildman–Crippen LogP) is 1.82. The van der Waals surface area contributed by atoms with Crippen molar-refractivity contribution in [3.05, 3.63) is 48.0 Å². The van der Waals surface area contributed by atoms with Gasteiger partial charge >= 0.3 is 0 Å². The molecule has 11 nitrogen and oxygen atoms in total. The van der Waals surface area contributed by atoms with E-state index >= 15 is 0 Å². The van der Waals surface area contributed by atoms with Crippen molar-refractivity contribution in [1.29, 1.82) is 0 Å². The molecule has 0 amide bonds. The molecule has 3 saturated heterocycles. The second-order valence-corrected chi connectivity index (χ2v) is 12.7. The molecule has 0 spiro atoms. The van der Waals surface area contributed by atoms with Crippen molar-refractivity contribution >= 4 is 10.0 Å². The van der Waals surface area contributed by atoms with E-state index in [9.17, 15) is 8.42 Å². The fourth-order valence-electron chi connectivity index (χ4n) is 5.08. The predicted molar refractivity (Wildman–Crippen MR) is 134 cm³/mol. The first-order valence-electron chi connectivity index (χ1n) is 12.8. The Kier molecular flexibility index (Phi) is 8.02. The summed E-state index contributed by atoms with van der Waals surface area (Å²) >= 11 is 0. The number of hydrogen-bond donors (Lipinski definition) is 1. The average molecular weight is 556 g/mol. The summed E-state index contributed by atoms with van der Waals surface area (Å²) in [5.41, 5.74) is 0.999. The molecule has 4 heterocycles. The summed E-state index contributed by atoms with van der Waals surface area (Å²) in [5, 5.41) is 0. The number of fused-ring (bicyclic) bond motifs is 1. The first kappa shape index (κ1) is 28.1. The maximum Gasteiger partial charge on any atom is 0.209 e. The molecule has 3 fully saturated rings. The minimum Gasteiger partial charge on any atom is -0.374 e. The molecule has 212 valence electrons. The number of hydrogen-bond acceptors (Lipinski definition) is 10. The number of rotatable bonds is 9. The van der Waals surface area contributed by atoms with Crippen LogP contribution in [0.15, 0.2) is 42.5 Å². The van der Waals surface area contributed by atoms with E-state index in [0.717, 1.165) is 11.8 Å². The maximum atomic E-state index is 12.0. The van der Waals surface area contributed by atoms with Gasteiger partial charge in [0.1, 0.15) is 30.5 Å². The zero-order valence-corrected chi connectivity index (χ0v) is 23.1. The lowest BCUT2D eigenvalue weighted by Crippen LogP contribution is -2.51. The topological polar surface area (TPSA) is 120 Å². The van der Waals surface area contributed by atoms with Crippen LogP contribution >= 0.6 is 0 Å². The van der Waals surface area contributed by atoms with Gasteiger partial charge in [0, 0.05) is 0 Å². The molecule has 0 unspecified atom stereocenters. The number of nitrogens with one attached hydrogen (secondary N) is 1. The van der Waals surface area contributed by atoms with E-state index in [1.54, 1.807) is 12.2 Å². The molecule has 8 atom stereocenters. The molecular weight excluding hydrogens is 518 g/mol. The maximum absolute atomic E-state index is 12.0. The van der Waals surface area contributed by atoms with E-state index < -0.39 is 70.7 Å². The minimum atomic E-state index is -3.49. The highest BCUT2D eigenvalue weighted by molar-refractivity contribution is 7.88. The van der Waals surface area contributed by atoms with Gasteiger partial charge in [0.25, 0.3) is 0 Å². The molecule has 1 aromatic carbocycles. The first-order valence-corrected chi connectivity index (χ1v) is 14.7. The lowest BCUT2D eigenvalue weighted by Gasteiger charge is -2.35. The van der Waals surface area contributed by atoms with Crippen molar-refractivity contribution in [1.82, 2.24) is 4.72 Å². The van der Waals surface area contributed by atoms with E-state index in [2.05, 4.69) is 4.72 Å². The lowest BCUT2D eigenvalue weighted by molar-refractivity contribution is -0.256. The molecular formula is C26H37NO10S. The molecule has 0 aromatic heterocycles. The Hall–Kier alpha value is -1.45. The normalized spacial score (nSPS) is 37.9. The van der Waals surface area contributed by atoms with Crippen LogP contribution in [0.3, 0.4) is 0 Å². The Morgan fingerprint density at radius 2 is 1.74 bits per heavy atom. The monoisotopic (exact) mass is 555 g/mol. The van der Waals surface area contributed by atoms with Gasteiger partial charge < -0.3 is 37.9 Å². The zero-order chi connectivity index (χ0) is 27.1. The van der Waals surface area contributed by atoms with Crippen LogP contribution in [0.2, 0.25) is 0 Å². The van der Waals surface area contributed by atoms with Crippen molar-refractivity contribution < 1.29 is 46.3 Å². The third-order valence-electron chi connectivity index (χ3n) is 6.64. The van der Waals surface area contributed by atoms with Crippen LogP contribution in [0.4, 0.5) is 0 Å². The number of benzene rings is 1. The molecule has 0 saturated carbocycles. The standard InChI is InChI=1S/C26H37NO10S/c1-25(2)31-15-19(35-25)21-22(23-24(34-21)37-26(3,4)36-23)33-20-12-11-17(27-38(5,28)29)18(32-20)14-30-13-16-9-7-6-8-10-16/h6-12,17-24,27H,13-15H2,1-5H3/t17-,18+,19+,20+,21+,22-,23+,24+/m0/s1. The van der Waals surface area contributed by atoms with Gasteiger partial charge in [-0.1, -0.05) is 36.4 Å². The number of sulfonamides is 1. The SMILES string of the molecule is CC1(C)O[C@H]2O[C@H]([C@H]3COC(C)(C)O3)[C@H](O[C@@H]3C=C[C@H](NS(C)(=O)=O)[C@@H](COCc4ccccc4)O3)[C@H]2O1. The van der Waals surface area contributed by atoms with Crippen molar-refractivity contribution in [3.63, 3.8) is 0 Å². The summed E-state index contributed by atoms with van der Waals surface area (Å²) in [5.74, 6) is -1.58. The van der Waals surface area contributed by atoms with Gasteiger partial charge in [-0.15, -0.1) is 0 Å². The van der Waals surface area contributed by atoms with Crippen LogP contribution in [0.1, 0.15) is 33.3 Å². The third-order valence-corrected chi connectivity index (χ3v) is 7.34. The van der Waals surface area contributed by atoms with Crippen LogP contribution < -0.4 is 4.72 Å². The highest BCUT2D eigenvalue weighted by Gasteiger charge is 2.59. The Balaban J connectivity index is 1.29. The Morgan fingerprint density at radius 1 is 0.974 bits per heavy atom. The zero-order valence-electron chi connectivity index (χ0n) is 22.3. The highest BCUT2D eigenvalue weighted by Crippen LogP contribution is 2.42. The van der Waals surface area contributed by atoms with Crippen LogP contribution in [0.25, 0.3) is 0 Å². The number of ether oxygens (including phenoxy) is 8. The van der Waals surface area contributed by atoms with Crippen LogP contribution in [-0.4, -0.2) is 88.6 Å². The second kappa shape index (κ2) is 10.8. The molecule has 4 aliphatic heterocycles. The summed E-state index contributed by atoms with van der Waals surface area (Å²) in [6.07, 6.45) is 0.397. The van der Waals surface area contributed by atoms with Gasteiger partial charge in [-0.3, -0.25) is 0 Å². The highest BCUT2D eigenvalue weighted by atomic mass is 32.2. The van der Waals surface area contributed by atoms with Crippen molar-refractivity contribution in [2.45, 2.75) is 95.0 Å². The van der Waals surface area contributed by atoms with Crippen molar-refractivity contribution in [2.75, 3.05) is 19.5 Å². The molecule has 38 heavy (non-hydrogen) atoms. The molecule has 12 heteroatoms. The van der Waals surface area contributed by atoms with Crippen molar-refractivity contribution in [2.24, 2.45) is 0 Å². The fourth-order valence-corrected chi connectivity index (χ4v) is 5.80. The summed E-state index contributed by atoms with van der Waals surface area (Å²) in [7, 11) is -3.49. The van der Waals surface area contributed by atoms with Gasteiger partial charge in [0.15, 0.2) is 24.2 Å². The molecule has 1 N–H and O–H groups in total. The third kappa shape index (κ3) is 6.81. The quantitative estimate of drug-likeness (QED) is 0.452. The van der Waals surface area contributed by atoms with Gasteiger partial charge in [-0.05, 0) is 39.3 Å². The first-order chi connectivity index (χ1) is 17.9. The molecule has 0 radical (unpaired) electrons. The van der Waals surface area contributed by atoms with Crippen molar-refractivity contribution in [3.8, 4) is 0 Å². The molecule has 0 aliphatic carbocycles. The Labute approximate surface area is 223 Å². The Morgan fingerprint density at radius 3 is 2.42 bits per heavy atom. The molecule has 4 aliphatic rings. The van der Waals surface area contributed by atoms with E-state index in [-0.39, 0.29) is 6.61 Å². The van der Waals surface area contributed by atoms with E-state index in [0.29, 0.717) is 13.2 Å².